The summed E-state index contributed by atoms with van der Waals surface area (Å²) in [6.07, 6.45) is 3.43. The number of pyridine rings is 1. The van der Waals surface area contributed by atoms with Crippen molar-refractivity contribution in [1.29, 1.82) is 0 Å². The fraction of sp³-hybridized carbons (Fsp3) is 0.125. The number of carbonyl (C=O) groups excluding carboxylic acids is 1. The maximum absolute atomic E-state index is 13.0. The number of rotatable bonds is 3. The number of carbonyl (C=O) groups is 1. The summed E-state index contributed by atoms with van der Waals surface area (Å²) in [6, 6.07) is 9.52. The van der Waals surface area contributed by atoms with Gasteiger partial charge in [0.15, 0.2) is 0 Å². The van der Waals surface area contributed by atoms with E-state index in [1.807, 2.05) is 6.20 Å². The van der Waals surface area contributed by atoms with Crippen LogP contribution in [0.4, 0.5) is 4.39 Å². The van der Waals surface area contributed by atoms with E-state index >= 15 is 0 Å². The van der Waals surface area contributed by atoms with Gasteiger partial charge in [0.05, 0.1) is 23.9 Å². The highest BCUT2D eigenvalue weighted by atomic mass is 19.1. The minimum absolute atomic E-state index is 0.299. The molecular formula is C16H13FN2O2. The van der Waals surface area contributed by atoms with Gasteiger partial charge in [0.2, 0.25) is 0 Å². The van der Waals surface area contributed by atoms with Crippen LogP contribution in [0.3, 0.4) is 0 Å². The van der Waals surface area contributed by atoms with Crippen LogP contribution in [0.25, 0.3) is 16.9 Å². The zero-order valence-electron chi connectivity index (χ0n) is 11.4. The maximum Gasteiger partial charge on any atom is 0.340 e. The Kier molecular flexibility index (Phi) is 3.39. The van der Waals surface area contributed by atoms with Gasteiger partial charge in [-0.2, -0.15) is 0 Å². The van der Waals surface area contributed by atoms with Crippen LogP contribution in [-0.4, -0.2) is 22.0 Å². The van der Waals surface area contributed by atoms with Gasteiger partial charge in [0.1, 0.15) is 11.6 Å². The maximum atomic E-state index is 13.0. The summed E-state index contributed by atoms with van der Waals surface area (Å²) in [5.41, 5.74) is 1.90. The number of esters is 1. The van der Waals surface area contributed by atoms with E-state index < -0.39 is 0 Å². The molecule has 0 saturated carbocycles. The van der Waals surface area contributed by atoms with Gasteiger partial charge in [0.25, 0.3) is 0 Å². The predicted octanol–water partition coefficient (Wildman–Crippen LogP) is 3.32. The molecule has 3 aromatic rings. The summed E-state index contributed by atoms with van der Waals surface area (Å²) in [5, 5.41) is 0. The van der Waals surface area contributed by atoms with Crippen molar-refractivity contribution in [2.75, 3.05) is 6.61 Å². The highest BCUT2D eigenvalue weighted by molar-refractivity contribution is 5.97. The summed E-state index contributed by atoms with van der Waals surface area (Å²) in [7, 11) is 0. The van der Waals surface area contributed by atoms with Crippen LogP contribution in [0.2, 0.25) is 0 Å². The smallest absolute Gasteiger partial charge is 0.340 e. The molecule has 0 spiro atoms. The SMILES string of the molecule is CCOC(=O)c1cccn2c(-c3ccc(F)cc3)ncc12. The molecule has 0 fully saturated rings. The summed E-state index contributed by atoms with van der Waals surface area (Å²) in [6.45, 7) is 2.08. The number of benzene rings is 1. The standard InChI is InChI=1S/C16H13FN2O2/c1-2-21-16(20)13-4-3-9-19-14(13)10-18-15(19)11-5-7-12(17)8-6-11/h3-10H,2H2,1H3. The topological polar surface area (TPSA) is 43.6 Å². The third kappa shape index (κ3) is 2.38. The van der Waals surface area contributed by atoms with Gasteiger partial charge in [-0.25, -0.2) is 14.2 Å². The second-order valence-electron chi connectivity index (χ2n) is 4.49. The third-order valence-electron chi connectivity index (χ3n) is 3.17. The number of aromatic nitrogens is 2. The lowest BCUT2D eigenvalue weighted by atomic mass is 10.2. The van der Waals surface area contributed by atoms with Crippen molar-refractivity contribution in [3.05, 3.63) is 60.2 Å². The highest BCUT2D eigenvalue weighted by Crippen LogP contribution is 2.22. The van der Waals surface area contributed by atoms with Crippen molar-refractivity contribution in [2.24, 2.45) is 0 Å². The molecule has 106 valence electrons. The van der Waals surface area contributed by atoms with Gasteiger partial charge >= 0.3 is 5.97 Å². The Morgan fingerprint density at radius 3 is 2.76 bits per heavy atom. The normalized spacial score (nSPS) is 10.8. The zero-order valence-corrected chi connectivity index (χ0v) is 11.4. The summed E-state index contributed by atoms with van der Waals surface area (Å²) >= 11 is 0. The van der Waals surface area contributed by atoms with Crippen molar-refractivity contribution < 1.29 is 13.9 Å². The highest BCUT2D eigenvalue weighted by Gasteiger charge is 2.14. The fourth-order valence-electron chi connectivity index (χ4n) is 2.22. The molecule has 2 aromatic heterocycles. The lowest BCUT2D eigenvalue weighted by Gasteiger charge is -2.05. The lowest BCUT2D eigenvalue weighted by Crippen LogP contribution is -2.06. The molecule has 0 amide bonds. The van der Waals surface area contributed by atoms with E-state index in [1.54, 1.807) is 41.8 Å². The van der Waals surface area contributed by atoms with Crippen LogP contribution in [0.1, 0.15) is 17.3 Å². The van der Waals surface area contributed by atoms with Gasteiger partial charge in [-0.3, -0.25) is 4.40 Å². The molecule has 0 bridgehead atoms. The fourth-order valence-corrected chi connectivity index (χ4v) is 2.22. The summed E-state index contributed by atoms with van der Waals surface area (Å²) in [4.78, 5) is 16.3. The molecule has 2 heterocycles. The molecule has 0 aliphatic rings. The largest absolute Gasteiger partial charge is 0.462 e. The number of fused-ring (bicyclic) bond motifs is 1. The first-order valence-corrected chi connectivity index (χ1v) is 6.60. The average Bonchev–Trinajstić information content (AvgIpc) is 2.92. The van der Waals surface area contributed by atoms with E-state index in [4.69, 9.17) is 4.74 Å². The first kappa shape index (κ1) is 13.3. The van der Waals surface area contributed by atoms with E-state index in [-0.39, 0.29) is 11.8 Å². The monoisotopic (exact) mass is 284 g/mol. The Balaban J connectivity index is 2.13. The second-order valence-corrected chi connectivity index (χ2v) is 4.49. The Morgan fingerprint density at radius 2 is 2.05 bits per heavy atom. The quantitative estimate of drug-likeness (QED) is 0.693. The molecule has 1 aromatic carbocycles. The number of hydrogen-bond acceptors (Lipinski definition) is 3. The molecule has 0 radical (unpaired) electrons. The van der Waals surface area contributed by atoms with E-state index in [0.29, 0.717) is 23.5 Å². The van der Waals surface area contributed by atoms with Gasteiger partial charge in [-0.15, -0.1) is 0 Å². The molecular weight excluding hydrogens is 271 g/mol. The van der Waals surface area contributed by atoms with E-state index in [9.17, 15) is 9.18 Å². The van der Waals surface area contributed by atoms with Crippen molar-refractivity contribution in [2.45, 2.75) is 6.92 Å². The van der Waals surface area contributed by atoms with Crippen LogP contribution in [0.15, 0.2) is 48.8 Å². The Morgan fingerprint density at radius 1 is 1.29 bits per heavy atom. The molecule has 0 atom stereocenters. The Hall–Kier alpha value is -2.69. The second kappa shape index (κ2) is 5.36. The van der Waals surface area contributed by atoms with Crippen LogP contribution in [0.5, 0.6) is 0 Å². The molecule has 0 aliphatic heterocycles. The van der Waals surface area contributed by atoms with Gasteiger partial charge in [-0.1, -0.05) is 0 Å². The van der Waals surface area contributed by atoms with E-state index in [0.717, 1.165) is 5.56 Å². The minimum Gasteiger partial charge on any atom is -0.462 e. The van der Waals surface area contributed by atoms with Gasteiger partial charge in [0, 0.05) is 11.8 Å². The van der Waals surface area contributed by atoms with Crippen molar-refractivity contribution in [1.82, 2.24) is 9.38 Å². The third-order valence-corrected chi connectivity index (χ3v) is 3.17. The molecule has 0 N–H and O–H groups in total. The first-order valence-electron chi connectivity index (χ1n) is 6.60. The minimum atomic E-state index is -0.381. The zero-order chi connectivity index (χ0) is 14.8. The molecule has 21 heavy (non-hydrogen) atoms. The molecule has 3 rings (SSSR count). The van der Waals surface area contributed by atoms with Crippen LogP contribution >= 0.6 is 0 Å². The van der Waals surface area contributed by atoms with Crippen LogP contribution in [-0.2, 0) is 4.74 Å². The Bertz CT molecular complexity index is 794. The van der Waals surface area contributed by atoms with Crippen LogP contribution in [0, 0.1) is 5.82 Å². The molecule has 4 nitrogen and oxygen atoms in total. The number of halogens is 1. The summed E-state index contributed by atoms with van der Waals surface area (Å²) < 4.78 is 19.8. The van der Waals surface area contributed by atoms with Crippen molar-refractivity contribution >= 4 is 11.5 Å². The Labute approximate surface area is 120 Å². The molecule has 5 heteroatoms. The number of hydrogen-bond donors (Lipinski definition) is 0. The average molecular weight is 284 g/mol. The molecule has 0 unspecified atom stereocenters. The van der Waals surface area contributed by atoms with E-state index in [2.05, 4.69) is 4.98 Å². The van der Waals surface area contributed by atoms with Crippen molar-refractivity contribution in [3.63, 3.8) is 0 Å². The molecule has 0 saturated heterocycles. The number of imidazole rings is 1. The summed E-state index contributed by atoms with van der Waals surface area (Å²) in [5.74, 6) is -0.0309. The molecule has 0 aliphatic carbocycles. The number of ether oxygens (including phenoxy) is 1. The van der Waals surface area contributed by atoms with Crippen LogP contribution < -0.4 is 0 Å². The first-order chi connectivity index (χ1) is 10.2. The number of nitrogens with zero attached hydrogens (tertiary/aromatic N) is 2. The predicted molar refractivity (Wildman–Crippen MR) is 76.5 cm³/mol. The van der Waals surface area contributed by atoms with Gasteiger partial charge < -0.3 is 4.74 Å². The lowest BCUT2D eigenvalue weighted by molar-refractivity contribution is 0.0528. The van der Waals surface area contributed by atoms with E-state index in [1.165, 1.54) is 12.1 Å². The van der Waals surface area contributed by atoms with Crippen molar-refractivity contribution in [3.8, 4) is 11.4 Å². The van der Waals surface area contributed by atoms with Gasteiger partial charge in [-0.05, 0) is 43.3 Å².